The summed E-state index contributed by atoms with van der Waals surface area (Å²) in [5.41, 5.74) is 8.43. The van der Waals surface area contributed by atoms with Crippen molar-refractivity contribution >= 4 is 5.69 Å². The van der Waals surface area contributed by atoms with E-state index in [0.29, 0.717) is 0 Å². The lowest BCUT2D eigenvalue weighted by atomic mass is 10.1. The number of hydrogen-bond acceptors (Lipinski definition) is 2. The van der Waals surface area contributed by atoms with Crippen LogP contribution in [0.2, 0.25) is 0 Å². The molecule has 1 atom stereocenters. The van der Waals surface area contributed by atoms with Crippen molar-refractivity contribution in [2.45, 2.75) is 39.7 Å². The molecule has 0 fully saturated rings. The quantitative estimate of drug-likeness (QED) is 0.796. The SMILES string of the molecule is CCCN(CCC)c1cccc(C(C)N)c1. The van der Waals surface area contributed by atoms with E-state index in [1.54, 1.807) is 0 Å². The molecule has 2 N–H and O–H groups in total. The van der Waals surface area contributed by atoms with Crippen LogP contribution in [0, 0.1) is 0 Å². The molecular weight excluding hydrogens is 196 g/mol. The first-order valence-corrected chi connectivity index (χ1v) is 6.29. The standard InChI is InChI=1S/C14H24N2/c1-4-9-16(10-5-2)14-8-6-7-13(11-14)12(3)15/h6-8,11-12H,4-5,9-10,15H2,1-3H3. The molecule has 2 heteroatoms. The number of nitrogens with zero attached hydrogens (tertiary/aromatic N) is 1. The van der Waals surface area contributed by atoms with Gasteiger partial charge in [0.25, 0.3) is 0 Å². The van der Waals surface area contributed by atoms with Gasteiger partial charge in [-0.1, -0.05) is 26.0 Å². The minimum absolute atomic E-state index is 0.116. The monoisotopic (exact) mass is 220 g/mol. The average molecular weight is 220 g/mol. The Bertz CT molecular complexity index is 301. The summed E-state index contributed by atoms with van der Waals surface area (Å²) in [6, 6.07) is 8.72. The van der Waals surface area contributed by atoms with E-state index < -0.39 is 0 Å². The van der Waals surface area contributed by atoms with Crippen LogP contribution in [0.25, 0.3) is 0 Å². The smallest absolute Gasteiger partial charge is 0.0369 e. The van der Waals surface area contributed by atoms with E-state index in [9.17, 15) is 0 Å². The van der Waals surface area contributed by atoms with Gasteiger partial charge in [0.05, 0.1) is 0 Å². The fourth-order valence-electron chi connectivity index (χ4n) is 1.91. The van der Waals surface area contributed by atoms with E-state index in [2.05, 4.69) is 43.0 Å². The van der Waals surface area contributed by atoms with Crippen LogP contribution in [0.4, 0.5) is 5.69 Å². The molecule has 1 aromatic carbocycles. The Morgan fingerprint density at radius 1 is 1.19 bits per heavy atom. The first kappa shape index (κ1) is 13.0. The second-order valence-corrected chi connectivity index (χ2v) is 4.37. The summed E-state index contributed by atoms with van der Waals surface area (Å²) in [4.78, 5) is 2.44. The fraction of sp³-hybridized carbons (Fsp3) is 0.571. The number of hydrogen-bond donors (Lipinski definition) is 1. The Kier molecular flexibility index (Phi) is 5.33. The van der Waals surface area contributed by atoms with Gasteiger partial charge in [-0.2, -0.15) is 0 Å². The molecule has 16 heavy (non-hydrogen) atoms. The van der Waals surface area contributed by atoms with E-state index in [-0.39, 0.29) is 6.04 Å². The Morgan fingerprint density at radius 2 is 1.81 bits per heavy atom. The summed E-state index contributed by atoms with van der Waals surface area (Å²) in [7, 11) is 0. The van der Waals surface area contributed by atoms with Crippen LogP contribution in [-0.4, -0.2) is 13.1 Å². The summed E-state index contributed by atoms with van der Waals surface area (Å²) in [5, 5.41) is 0. The highest BCUT2D eigenvalue weighted by Crippen LogP contribution is 2.20. The minimum atomic E-state index is 0.116. The van der Waals surface area contributed by atoms with Gasteiger partial charge in [0.2, 0.25) is 0 Å². The van der Waals surface area contributed by atoms with Gasteiger partial charge in [-0.05, 0) is 37.5 Å². The highest BCUT2D eigenvalue weighted by molar-refractivity contribution is 5.49. The zero-order chi connectivity index (χ0) is 12.0. The van der Waals surface area contributed by atoms with Crippen molar-refractivity contribution in [1.82, 2.24) is 0 Å². The van der Waals surface area contributed by atoms with Crippen molar-refractivity contribution in [2.24, 2.45) is 5.73 Å². The molecule has 0 saturated heterocycles. The maximum absolute atomic E-state index is 5.91. The lowest BCUT2D eigenvalue weighted by Gasteiger charge is -2.24. The Morgan fingerprint density at radius 3 is 2.31 bits per heavy atom. The molecule has 1 rings (SSSR count). The topological polar surface area (TPSA) is 29.3 Å². The molecule has 0 heterocycles. The van der Waals surface area contributed by atoms with Gasteiger partial charge < -0.3 is 10.6 Å². The largest absolute Gasteiger partial charge is 0.372 e. The molecule has 0 amide bonds. The number of nitrogens with two attached hydrogens (primary N) is 1. The van der Waals surface area contributed by atoms with E-state index >= 15 is 0 Å². The molecule has 1 aromatic rings. The predicted molar refractivity (Wildman–Crippen MR) is 71.8 cm³/mol. The van der Waals surface area contributed by atoms with Gasteiger partial charge in [0.15, 0.2) is 0 Å². The van der Waals surface area contributed by atoms with Gasteiger partial charge in [0, 0.05) is 24.8 Å². The van der Waals surface area contributed by atoms with Gasteiger partial charge in [-0.25, -0.2) is 0 Å². The van der Waals surface area contributed by atoms with Crippen LogP contribution in [-0.2, 0) is 0 Å². The third-order valence-corrected chi connectivity index (χ3v) is 2.75. The van der Waals surface area contributed by atoms with Crippen LogP contribution >= 0.6 is 0 Å². The zero-order valence-electron chi connectivity index (χ0n) is 10.7. The van der Waals surface area contributed by atoms with E-state index in [0.717, 1.165) is 13.1 Å². The summed E-state index contributed by atoms with van der Waals surface area (Å²) in [6.45, 7) is 8.71. The van der Waals surface area contributed by atoms with Crippen molar-refractivity contribution in [3.8, 4) is 0 Å². The summed E-state index contributed by atoms with van der Waals surface area (Å²) in [6.07, 6.45) is 2.37. The minimum Gasteiger partial charge on any atom is -0.372 e. The normalized spacial score (nSPS) is 12.5. The zero-order valence-corrected chi connectivity index (χ0v) is 10.7. The number of anilines is 1. The second kappa shape index (κ2) is 6.54. The van der Waals surface area contributed by atoms with Crippen molar-refractivity contribution in [2.75, 3.05) is 18.0 Å². The number of rotatable bonds is 6. The van der Waals surface area contributed by atoms with Gasteiger partial charge >= 0.3 is 0 Å². The van der Waals surface area contributed by atoms with Gasteiger partial charge in [-0.15, -0.1) is 0 Å². The molecule has 0 saturated carbocycles. The van der Waals surface area contributed by atoms with Gasteiger partial charge in [0.1, 0.15) is 0 Å². The molecule has 0 aliphatic rings. The molecule has 90 valence electrons. The van der Waals surface area contributed by atoms with Crippen LogP contribution in [0.15, 0.2) is 24.3 Å². The van der Waals surface area contributed by atoms with Crippen molar-refractivity contribution < 1.29 is 0 Å². The highest BCUT2D eigenvalue weighted by Gasteiger charge is 2.06. The average Bonchev–Trinajstić information content (AvgIpc) is 2.29. The highest BCUT2D eigenvalue weighted by atomic mass is 15.1. The van der Waals surface area contributed by atoms with Gasteiger partial charge in [-0.3, -0.25) is 0 Å². The molecule has 2 nitrogen and oxygen atoms in total. The summed E-state index contributed by atoms with van der Waals surface area (Å²) < 4.78 is 0. The molecule has 0 aliphatic heterocycles. The van der Waals surface area contributed by atoms with Crippen molar-refractivity contribution in [3.63, 3.8) is 0 Å². The molecule has 0 aromatic heterocycles. The maximum atomic E-state index is 5.91. The van der Waals surface area contributed by atoms with Crippen LogP contribution in [0.3, 0.4) is 0 Å². The third-order valence-electron chi connectivity index (χ3n) is 2.75. The lowest BCUT2D eigenvalue weighted by Crippen LogP contribution is -2.25. The van der Waals surface area contributed by atoms with Crippen molar-refractivity contribution in [1.29, 1.82) is 0 Å². The molecule has 0 radical (unpaired) electrons. The Balaban J connectivity index is 2.86. The summed E-state index contributed by atoms with van der Waals surface area (Å²) in [5.74, 6) is 0. The summed E-state index contributed by atoms with van der Waals surface area (Å²) >= 11 is 0. The molecule has 1 unspecified atom stereocenters. The van der Waals surface area contributed by atoms with Crippen LogP contribution in [0.1, 0.15) is 45.2 Å². The van der Waals surface area contributed by atoms with E-state index in [4.69, 9.17) is 5.73 Å². The Labute approximate surface area is 99.5 Å². The molecule has 0 spiro atoms. The molecular formula is C14H24N2. The molecule has 0 bridgehead atoms. The predicted octanol–water partition coefficient (Wildman–Crippen LogP) is 3.33. The van der Waals surface area contributed by atoms with Crippen molar-refractivity contribution in [3.05, 3.63) is 29.8 Å². The first-order chi connectivity index (χ1) is 7.69. The van der Waals surface area contributed by atoms with Crippen LogP contribution in [0.5, 0.6) is 0 Å². The van der Waals surface area contributed by atoms with Crippen LogP contribution < -0.4 is 10.6 Å². The molecule has 0 aliphatic carbocycles. The number of benzene rings is 1. The maximum Gasteiger partial charge on any atom is 0.0369 e. The Hall–Kier alpha value is -1.02. The third kappa shape index (κ3) is 3.53. The second-order valence-electron chi connectivity index (χ2n) is 4.37. The van der Waals surface area contributed by atoms with E-state index in [1.807, 2.05) is 6.92 Å². The van der Waals surface area contributed by atoms with E-state index in [1.165, 1.54) is 24.1 Å². The first-order valence-electron chi connectivity index (χ1n) is 6.29. The lowest BCUT2D eigenvalue weighted by molar-refractivity contribution is 0.742. The fourth-order valence-corrected chi connectivity index (χ4v) is 1.91.